The summed E-state index contributed by atoms with van der Waals surface area (Å²) in [5.41, 5.74) is 1.15. The Morgan fingerprint density at radius 1 is 0.674 bits per heavy atom. The molecule has 0 aromatic heterocycles. The fourth-order valence-corrected chi connectivity index (χ4v) is 5.75. The van der Waals surface area contributed by atoms with Crippen molar-refractivity contribution in [1.29, 1.82) is 0 Å². The number of aromatic carboxylic acids is 2. The van der Waals surface area contributed by atoms with Gasteiger partial charge in [0.15, 0.2) is 13.2 Å². The van der Waals surface area contributed by atoms with Crippen LogP contribution in [-0.2, 0) is 19.1 Å². The monoisotopic (exact) mass is 588 g/mol. The van der Waals surface area contributed by atoms with Crippen molar-refractivity contribution in [3.05, 3.63) is 70.8 Å². The fraction of sp³-hybridized carbons (Fsp3) is 0.226. The third-order valence-electron chi connectivity index (χ3n) is 7.54. The second kappa shape index (κ2) is 10.7. The van der Waals surface area contributed by atoms with Gasteiger partial charge in [0.25, 0.3) is 0 Å². The molecule has 12 nitrogen and oxygen atoms in total. The summed E-state index contributed by atoms with van der Waals surface area (Å²) >= 11 is 0. The number of rotatable bonds is 8. The van der Waals surface area contributed by atoms with Crippen LogP contribution in [0.5, 0.6) is 23.0 Å². The zero-order valence-electron chi connectivity index (χ0n) is 22.9. The molecule has 43 heavy (non-hydrogen) atoms. The highest BCUT2D eigenvalue weighted by Crippen LogP contribution is 2.53. The highest BCUT2D eigenvalue weighted by atomic mass is 16.7. The van der Waals surface area contributed by atoms with E-state index in [1.54, 1.807) is 36.4 Å². The van der Waals surface area contributed by atoms with E-state index in [-0.39, 0.29) is 28.5 Å². The minimum Gasteiger partial charge on any atom is -0.481 e. The van der Waals surface area contributed by atoms with Crippen molar-refractivity contribution in [3.8, 4) is 23.0 Å². The molecular formula is C31H24O12. The van der Waals surface area contributed by atoms with E-state index in [0.29, 0.717) is 50.6 Å². The molecule has 0 radical (unpaired) electrons. The number of carboxylic acid groups (broad SMARTS) is 2. The maximum Gasteiger partial charge on any atom is 0.343 e. The smallest absolute Gasteiger partial charge is 0.343 e. The number of carbonyl (C=O) groups excluding carboxylic acids is 2. The number of hydrogen-bond donors (Lipinski definition) is 2. The Morgan fingerprint density at radius 3 is 1.49 bits per heavy atom. The largest absolute Gasteiger partial charge is 0.481 e. The van der Waals surface area contributed by atoms with E-state index >= 15 is 0 Å². The normalized spacial score (nSPS) is 16.2. The number of esters is 2. The molecule has 0 unspecified atom stereocenters. The predicted molar refractivity (Wildman–Crippen MR) is 148 cm³/mol. The number of benzene rings is 4. The number of carboxylic acids is 2. The topological polar surface area (TPSA) is 164 Å². The molecule has 2 N–H and O–H groups in total. The van der Waals surface area contributed by atoms with Gasteiger partial charge >= 0.3 is 23.9 Å². The Hall–Kier alpha value is -5.52. The molecule has 12 heteroatoms. The fourth-order valence-electron chi connectivity index (χ4n) is 5.75. The first-order valence-corrected chi connectivity index (χ1v) is 13.1. The molecule has 2 aliphatic heterocycles. The lowest BCUT2D eigenvalue weighted by atomic mass is 9.78. The van der Waals surface area contributed by atoms with Gasteiger partial charge in [-0.2, -0.15) is 0 Å². The number of hydrogen-bond acceptors (Lipinski definition) is 10. The van der Waals surface area contributed by atoms with Crippen LogP contribution in [0.25, 0.3) is 21.5 Å². The van der Waals surface area contributed by atoms with Gasteiger partial charge in [-0.3, -0.25) is 0 Å². The zero-order chi connectivity index (χ0) is 30.4. The van der Waals surface area contributed by atoms with E-state index in [0.717, 1.165) is 0 Å². The van der Waals surface area contributed by atoms with Crippen LogP contribution in [0.1, 0.15) is 44.2 Å². The quantitative estimate of drug-likeness (QED) is 0.283. The van der Waals surface area contributed by atoms with Crippen LogP contribution in [0, 0.1) is 0 Å². The summed E-state index contributed by atoms with van der Waals surface area (Å²) < 4.78 is 32.4. The van der Waals surface area contributed by atoms with Gasteiger partial charge in [-0.15, -0.1) is 0 Å². The van der Waals surface area contributed by atoms with Gasteiger partial charge in [-0.05, 0) is 47.2 Å². The van der Waals surface area contributed by atoms with Gasteiger partial charge in [0.05, 0.1) is 14.2 Å². The molecule has 0 saturated carbocycles. The van der Waals surface area contributed by atoms with Gasteiger partial charge < -0.3 is 38.6 Å². The first kappa shape index (κ1) is 27.6. The van der Waals surface area contributed by atoms with Crippen LogP contribution in [0.15, 0.2) is 48.5 Å². The summed E-state index contributed by atoms with van der Waals surface area (Å²) in [6.45, 7) is -0.927. The van der Waals surface area contributed by atoms with E-state index in [1.165, 1.54) is 26.4 Å². The van der Waals surface area contributed by atoms with Crippen LogP contribution < -0.4 is 18.9 Å². The van der Waals surface area contributed by atoms with Crippen molar-refractivity contribution >= 4 is 45.4 Å². The molecule has 0 atom stereocenters. The molecule has 220 valence electrons. The lowest BCUT2D eigenvalue weighted by Gasteiger charge is -2.39. The maximum atomic E-state index is 12.4. The molecule has 4 aromatic carbocycles. The number of carbonyl (C=O) groups is 4. The molecule has 0 spiro atoms. The first-order chi connectivity index (χ1) is 20.7. The molecule has 2 aliphatic rings. The van der Waals surface area contributed by atoms with Crippen molar-refractivity contribution in [2.75, 3.05) is 27.4 Å². The van der Waals surface area contributed by atoms with Crippen LogP contribution in [0.4, 0.5) is 0 Å². The van der Waals surface area contributed by atoms with E-state index in [1.807, 2.05) is 0 Å². The molecule has 0 amide bonds. The van der Waals surface area contributed by atoms with Crippen LogP contribution in [0.2, 0.25) is 0 Å². The van der Waals surface area contributed by atoms with Gasteiger partial charge in [-0.1, -0.05) is 12.1 Å². The standard InChI is InChI=1S/C31H24O12/c1-38-23(32)12-40-19-7-3-14-16(28(19)30(34)35)5-9-21-26(14)18-11-25(42-21)43-22-10-6-17-15(27(18)22)4-8-20(29(17)31(36)37)41-13-24(33)39-2/h3-10,18,25H,11-13H2,1-2H3,(H,34,35)(H,36,37). The van der Waals surface area contributed by atoms with Crippen molar-refractivity contribution in [3.63, 3.8) is 0 Å². The SMILES string of the molecule is COC(=O)COc1ccc2c3c(ccc2c1C(=O)O)OC1CC3c2c(ccc3c(C(=O)O)c(OCC(=O)OC)ccc23)O1. The van der Waals surface area contributed by atoms with Gasteiger partial charge in [-0.25, -0.2) is 19.2 Å². The molecular weight excluding hydrogens is 564 g/mol. The number of ether oxygens (including phenoxy) is 6. The summed E-state index contributed by atoms with van der Waals surface area (Å²) in [5.74, 6) is -3.19. The average molecular weight is 589 g/mol. The van der Waals surface area contributed by atoms with E-state index in [2.05, 4.69) is 9.47 Å². The van der Waals surface area contributed by atoms with E-state index in [9.17, 15) is 29.4 Å². The number of fused-ring (bicyclic) bond motifs is 10. The summed E-state index contributed by atoms with van der Waals surface area (Å²) in [6.07, 6.45) is -0.243. The predicted octanol–water partition coefficient (Wildman–Crippen LogP) is 4.13. The lowest BCUT2D eigenvalue weighted by molar-refractivity contribution is -0.143. The lowest BCUT2D eigenvalue weighted by Crippen LogP contribution is -2.35. The Kier molecular flexibility index (Phi) is 6.88. The molecule has 2 heterocycles. The Bertz CT molecular complexity index is 1710. The Labute approximate surface area is 243 Å². The number of methoxy groups -OCH3 is 2. The Morgan fingerprint density at radius 2 is 1.09 bits per heavy atom. The summed E-state index contributed by atoms with van der Waals surface area (Å²) in [6, 6.07) is 12.9. The second-order valence-electron chi connectivity index (χ2n) is 9.82. The van der Waals surface area contributed by atoms with Crippen molar-refractivity contribution < 1.29 is 57.8 Å². The molecule has 0 aliphatic carbocycles. The zero-order valence-corrected chi connectivity index (χ0v) is 22.9. The summed E-state index contributed by atoms with van der Waals surface area (Å²) in [7, 11) is 2.41. The Balaban J connectivity index is 1.53. The molecule has 0 saturated heterocycles. The second-order valence-corrected chi connectivity index (χ2v) is 9.82. The van der Waals surface area contributed by atoms with E-state index < -0.39 is 43.4 Å². The average Bonchev–Trinajstić information content (AvgIpc) is 3.00. The first-order valence-electron chi connectivity index (χ1n) is 13.1. The van der Waals surface area contributed by atoms with Crippen LogP contribution in [-0.4, -0.2) is 67.8 Å². The van der Waals surface area contributed by atoms with Crippen LogP contribution in [0.3, 0.4) is 0 Å². The highest BCUT2D eigenvalue weighted by Gasteiger charge is 2.40. The maximum absolute atomic E-state index is 12.4. The van der Waals surface area contributed by atoms with Gasteiger partial charge in [0.2, 0.25) is 6.29 Å². The van der Waals surface area contributed by atoms with Crippen molar-refractivity contribution in [2.45, 2.75) is 18.6 Å². The van der Waals surface area contributed by atoms with Gasteiger partial charge in [0, 0.05) is 34.2 Å². The third-order valence-corrected chi connectivity index (χ3v) is 7.54. The van der Waals surface area contributed by atoms with E-state index in [4.69, 9.17) is 18.9 Å². The summed E-state index contributed by atoms with van der Waals surface area (Å²) in [5, 5.41) is 22.2. The third kappa shape index (κ3) is 4.66. The molecule has 0 fully saturated rings. The van der Waals surface area contributed by atoms with Crippen molar-refractivity contribution in [1.82, 2.24) is 0 Å². The minimum atomic E-state index is -1.25. The van der Waals surface area contributed by atoms with Gasteiger partial charge in [0.1, 0.15) is 34.1 Å². The molecule has 4 aromatic rings. The van der Waals surface area contributed by atoms with Crippen molar-refractivity contribution in [2.24, 2.45) is 0 Å². The summed E-state index contributed by atoms with van der Waals surface area (Å²) in [4.78, 5) is 48.1. The minimum absolute atomic E-state index is 0.00312. The molecule has 2 bridgehead atoms. The van der Waals surface area contributed by atoms with Crippen LogP contribution >= 0.6 is 0 Å². The highest BCUT2D eigenvalue weighted by molar-refractivity contribution is 6.10. The molecule has 6 rings (SSSR count).